The summed E-state index contributed by atoms with van der Waals surface area (Å²) in [7, 11) is 0. The number of fused-ring (bicyclic) bond motifs is 2. The maximum atomic E-state index is 9.25. The van der Waals surface area contributed by atoms with Crippen LogP contribution in [0, 0.1) is 5.92 Å². The molecule has 1 aromatic carbocycles. The predicted molar refractivity (Wildman–Crippen MR) is 56.3 cm³/mol. The predicted octanol–water partition coefficient (Wildman–Crippen LogP) is 2.27. The van der Waals surface area contributed by atoms with E-state index in [2.05, 4.69) is 24.3 Å². The van der Waals surface area contributed by atoms with Gasteiger partial charge >= 0.3 is 0 Å². The lowest BCUT2D eigenvalue weighted by Gasteiger charge is -2.26. The van der Waals surface area contributed by atoms with Gasteiger partial charge in [0.1, 0.15) is 0 Å². The Hall–Kier alpha value is -0.820. The Kier molecular flexibility index (Phi) is 1.72. The van der Waals surface area contributed by atoms with Crippen molar-refractivity contribution in [2.45, 2.75) is 31.1 Å². The number of benzene rings is 1. The van der Waals surface area contributed by atoms with Crippen LogP contribution in [-0.2, 0) is 11.8 Å². The number of aliphatic hydroxyl groups excluding tert-OH is 1. The van der Waals surface area contributed by atoms with E-state index in [0.717, 1.165) is 0 Å². The number of aryl methyl sites for hydroxylation is 1. The van der Waals surface area contributed by atoms with Gasteiger partial charge in [0.15, 0.2) is 0 Å². The van der Waals surface area contributed by atoms with Gasteiger partial charge in [-0.2, -0.15) is 0 Å². The van der Waals surface area contributed by atoms with Crippen LogP contribution in [0.1, 0.15) is 30.4 Å². The van der Waals surface area contributed by atoms with Crippen molar-refractivity contribution < 1.29 is 5.11 Å². The standard InChI is InChI=1S/C13H16O/c14-9-11-8-13(11)7-3-5-10-4-1-2-6-12(10)13/h1-2,4,6,11,14H,3,5,7-9H2/t11-,13+/m1/s1. The smallest absolute Gasteiger partial charge is 0.0468 e. The van der Waals surface area contributed by atoms with Crippen molar-refractivity contribution in [2.24, 2.45) is 5.92 Å². The van der Waals surface area contributed by atoms with Crippen LogP contribution in [0.5, 0.6) is 0 Å². The fourth-order valence-corrected chi connectivity index (χ4v) is 3.21. The van der Waals surface area contributed by atoms with Crippen molar-refractivity contribution in [2.75, 3.05) is 6.61 Å². The molecule has 0 amide bonds. The Balaban J connectivity index is 2.05. The first kappa shape index (κ1) is 8.49. The molecule has 1 spiro atoms. The van der Waals surface area contributed by atoms with Gasteiger partial charge in [-0.3, -0.25) is 0 Å². The summed E-state index contributed by atoms with van der Waals surface area (Å²) >= 11 is 0. The van der Waals surface area contributed by atoms with Crippen LogP contribution < -0.4 is 0 Å². The van der Waals surface area contributed by atoms with E-state index in [0.29, 0.717) is 17.9 Å². The van der Waals surface area contributed by atoms with E-state index in [4.69, 9.17) is 0 Å². The SMILES string of the molecule is OC[C@H]1C[C@@]12CCCc1ccccc12. The van der Waals surface area contributed by atoms with E-state index in [1.54, 1.807) is 0 Å². The van der Waals surface area contributed by atoms with Gasteiger partial charge in [-0.1, -0.05) is 24.3 Å². The zero-order valence-corrected chi connectivity index (χ0v) is 8.37. The van der Waals surface area contributed by atoms with Crippen molar-refractivity contribution in [3.05, 3.63) is 35.4 Å². The summed E-state index contributed by atoms with van der Waals surface area (Å²) in [5.41, 5.74) is 3.43. The molecule has 1 heteroatoms. The lowest BCUT2D eigenvalue weighted by atomic mass is 9.79. The summed E-state index contributed by atoms with van der Waals surface area (Å²) in [5.74, 6) is 0.545. The summed E-state index contributed by atoms with van der Waals surface area (Å²) < 4.78 is 0. The summed E-state index contributed by atoms with van der Waals surface area (Å²) in [6, 6.07) is 8.79. The molecule has 1 aromatic rings. The molecule has 3 rings (SSSR count). The molecular weight excluding hydrogens is 172 g/mol. The molecule has 0 aromatic heterocycles. The second kappa shape index (κ2) is 2.83. The largest absolute Gasteiger partial charge is 0.396 e. The van der Waals surface area contributed by atoms with E-state index in [1.165, 1.54) is 36.8 Å². The molecule has 74 valence electrons. The van der Waals surface area contributed by atoms with E-state index in [-0.39, 0.29) is 0 Å². The van der Waals surface area contributed by atoms with Crippen molar-refractivity contribution in [3.63, 3.8) is 0 Å². The third kappa shape index (κ3) is 0.992. The molecule has 0 radical (unpaired) electrons. The van der Waals surface area contributed by atoms with Crippen LogP contribution in [0.4, 0.5) is 0 Å². The fraction of sp³-hybridized carbons (Fsp3) is 0.538. The minimum Gasteiger partial charge on any atom is -0.396 e. The van der Waals surface area contributed by atoms with Crippen LogP contribution in [0.2, 0.25) is 0 Å². The van der Waals surface area contributed by atoms with Gasteiger partial charge in [0, 0.05) is 12.0 Å². The zero-order valence-electron chi connectivity index (χ0n) is 8.37. The Morgan fingerprint density at radius 3 is 3.00 bits per heavy atom. The van der Waals surface area contributed by atoms with Crippen molar-refractivity contribution in [3.8, 4) is 0 Å². The molecule has 0 unspecified atom stereocenters. The second-order valence-electron chi connectivity index (χ2n) is 4.75. The average molecular weight is 188 g/mol. The van der Waals surface area contributed by atoms with Crippen molar-refractivity contribution in [1.82, 2.24) is 0 Å². The maximum Gasteiger partial charge on any atom is 0.0468 e. The molecule has 14 heavy (non-hydrogen) atoms. The molecule has 1 nitrogen and oxygen atoms in total. The highest BCUT2D eigenvalue weighted by atomic mass is 16.3. The molecule has 1 fully saturated rings. The summed E-state index contributed by atoms with van der Waals surface area (Å²) in [6.45, 7) is 0.369. The minimum atomic E-state index is 0.369. The van der Waals surface area contributed by atoms with E-state index < -0.39 is 0 Å². The van der Waals surface area contributed by atoms with Crippen LogP contribution in [0.25, 0.3) is 0 Å². The molecule has 1 N–H and O–H groups in total. The van der Waals surface area contributed by atoms with Gasteiger partial charge in [-0.25, -0.2) is 0 Å². The summed E-state index contributed by atoms with van der Waals surface area (Å²) in [6.07, 6.45) is 5.03. The Morgan fingerprint density at radius 2 is 2.21 bits per heavy atom. The number of hydrogen-bond donors (Lipinski definition) is 1. The first-order valence-corrected chi connectivity index (χ1v) is 5.56. The minimum absolute atomic E-state index is 0.369. The molecule has 0 aliphatic heterocycles. The van der Waals surface area contributed by atoms with Gasteiger partial charge in [-0.05, 0) is 42.7 Å². The first-order valence-electron chi connectivity index (χ1n) is 5.56. The van der Waals surface area contributed by atoms with Gasteiger partial charge in [0.05, 0.1) is 0 Å². The molecule has 2 aliphatic carbocycles. The third-order valence-corrected chi connectivity index (χ3v) is 4.08. The molecule has 1 saturated carbocycles. The van der Waals surface area contributed by atoms with Gasteiger partial charge in [0.2, 0.25) is 0 Å². The summed E-state index contributed by atoms with van der Waals surface area (Å²) in [5, 5.41) is 9.25. The molecule has 0 bridgehead atoms. The molecule has 2 aliphatic rings. The molecule has 0 heterocycles. The van der Waals surface area contributed by atoms with Gasteiger partial charge < -0.3 is 5.11 Å². The van der Waals surface area contributed by atoms with E-state index >= 15 is 0 Å². The van der Waals surface area contributed by atoms with Crippen LogP contribution in [0.15, 0.2) is 24.3 Å². The molecular formula is C13H16O. The fourth-order valence-electron chi connectivity index (χ4n) is 3.21. The van der Waals surface area contributed by atoms with Gasteiger partial charge in [0.25, 0.3) is 0 Å². The van der Waals surface area contributed by atoms with Crippen LogP contribution in [0.3, 0.4) is 0 Å². The molecule has 0 saturated heterocycles. The topological polar surface area (TPSA) is 20.2 Å². The van der Waals surface area contributed by atoms with Crippen molar-refractivity contribution >= 4 is 0 Å². The normalized spacial score (nSPS) is 34.2. The highest BCUT2D eigenvalue weighted by Gasteiger charge is 2.55. The lowest BCUT2D eigenvalue weighted by Crippen LogP contribution is -2.19. The van der Waals surface area contributed by atoms with Crippen LogP contribution >= 0.6 is 0 Å². The van der Waals surface area contributed by atoms with Gasteiger partial charge in [-0.15, -0.1) is 0 Å². The number of aliphatic hydroxyl groups is 1. The second-order valence-corrected chi connectivity index (χ2v) is 4.75. The number of rotatable bonds is 1. The van der Waals surface area contributed by atoms with E-state index in [1.807, 2.05) is 0 Å². The quantitative estimate of drug-likeness (QED) is 0.716. The van der Waals surface area contributed by atoms with Crippen LogP contribution in [-0.4, -0.2) is 11.7 Å². The Bertz CT molecular complexity index is 358. The van der Waals surface area contributed by atoms with Crippen molar-refractivity contribution in [1.29, 1.82) is 0 Å². The highest BCUT2D eigenvalue weighted by Crippen LogP contribution is 2.59. The third-order valence-electron chi connectivity index (χ3n) is 4.08. The number of hydrogen-bond acceptors (Lipinski definition) is 1. The average Bonchev–Trinajstić information content (AvgIpc) is 2.94. The monoisotopic (exact) mass is 188 g/mol. The zero-order chi connectivity index (χ0) is 9.60. The lowest BCUT2D eigenvalue weighted by molar-refractivity contribution is 0.259. The first-order chi connectivity index (χ1) is 6.87. The molecule has 2 atom stereocenters. The Morgan fingerprint density at radius 1 is 1.36 bits per heavy atom. The van der Waals surface area contributed by atoms with E-state index in [9.17, 15) is 5.11 Å². The highest BCUT2D eigenvalue weighted by molar-refractivity contribution is 5.42. The Labute approximate surface area is 84.8 Å². The maximum absolute atomic E-state index is 9.25. The summed E-state index contributed by atoms with van der Waals surface area (Å²) in [4.78, 5) is 0.